The Bertz CT molecular complexity index is 700. The number of hydrogen-bond acceptors (Lipinski definition) is 6. The van der Waals surface area contributed by atoms with Gasteiger partial charge in [-0.15, -0.1) is 11.3 Å². The zero-order chi connectivity index (χ0) is 16.8. The molecule has 6 nitrogen and oxygen atoms in total. The third kappa shape index (κ3) is 3.81. The van der Waals surface area contributed by atoms with Crippen molar-refractivity contribution in [1.29, 1.82) is 0 Å². The molecule has 0 fully saturated rings. The Morgan fingerprint density at radius 3 is 2.30 bits per heavy atom. The van der Waals surface area contributed by atoms with Crippen molar-refractivity contribution >= 4 is 23.5 Å². The van der Waals surface area contributed by atoms with E-state index in [1.165, 1.54) is 21.3 Å². The lowest BCUT2D eigenvalue weighted by Gasteiger charge is -2.13. The SMILES string of the molecule is COc1cc(C(=O)N/N=C\c2sccc2C)cc(OC)c1OC. The lowest BCUT2D eigenvalue weighted by molar-refractivity contribution is 0.0954. The molecule has 0 aliphatic carbocycles. The highest BCUT2D eigenvalue weighted by atomic mass is 32.1. The minimum absolute atomic E-state index is 0.361. The molecule has 2 aromatic rings. The van der Waals surface area contributed by atoms with E-state index in [1.807, 2.05) is 18.4 Å². The monoisotopic (exact) mass is 334 g/mol. The first-order valence-electron chi connectivity index (χ1n) is 6.78. The third-order valence-corrected chi connectivity index (χ3v) is 4.13. The minimum Gasteiger partial charge on any atom is -0.493 e. The van der Waals surface area contributed by atoms with Crippen LogP contribution in [0.3, 0.4) is 0 Å². The van der Waals surface area contributed by atoms with E-state index in [4.69, 9.17) is 14.2 Å². The van der Waals surface area contributed by atoms with Crippen LogP contribution in [0.25, 0.3) is 0 Å². The molecule has 0 unspecified atom stereocenters. The number of aryl methyl sites for hydroxylation is 1. The van der Waals surface area contributed by atoms with Crippen LogP contribution in [-0.2, 0) is 0 Å². The fourth-order valence-electron chi connectivity index (χ4n) is 1.94. The van der Waals surface area contributed by atoms with Crippen LogP contribution in [0.2, 0.25) is 0 Å². The molecular weight excluding hydrogens is 316 g/mol. The summed E-state index contributed by atoms with van der Waals surface area (Å²) in [4.78, 5) is 13.2. The number of nitrogens with one attached hydrogen (secondary N) is 1. The molecule has 0 aliphatic rings. The predicted molar refractivity (Wildman–Crippen MR) is 90.2 cm³/mol. The number of amides is 1. The highest BCUT2D eigenvalue weighted by Gasteiger charge is 2.16. The molecule has 7 heteroatoms. The molecule has 0 spiro atoms. The standard InChI is InChI=1S/C16H18N2O4S/c1-10-5-6-23-14(10)9-17-18-16(19)11-7-12(20-2)15(22-4)13(8-11)21-3/h5-9H,1-4H3,(H,18,19)/b17-9-. The highest BCUT2D eigenvalue weighted by molar-refractivity contribution is 7.11. The average molecular weight is 334 g/mol. The summed E-state index contributed by atoms with van der Waals surface area (Å²) in [5, 5.41) is 5.95. The summed E-state index contributed by atoms with van der Waals surface area (Å²) in [6.07, 6.45) is 1.62. The molecule has 1 aromatic carbocycles. The Hall–Kier alpha value is -2.54. The van der Waals surface area contributed by atoms with Gasteiger partial charge in [0, 0.05) is 10.4 Å². The molecule has 0 bridgehead atoms. The number of hydrogen-bond donors (Lipinski definition) is 1. The van der Waals surface area contributed by atoms with Gasteiger partial charge >= 0.3 is 0 Å². The van der Waals surface area contributed by atoms with Crippen molar-refractivity contribution in [2.24, 2.45) is 5.10 Å². The number of methoxy groups -OCH3 is 3. The van der Waals surface area contributed by atoms with E-state index in [0.717, 1.165) is 10.4 Å². The van der Waals surface area contributed by atoms with E-state index in [9.17, 15) is 4.79 Å². The summed E-state index contributed by atoms with van der Waals surface area (Å²) < 4.78 is 15.7. The Morgan fingerprint density at radius 1 is 1.17 bits per heavy atom. The summed E-state index contributed by atoms with van der Waals surface area (Å²) in [6, 6.07) is 5.14. The molecule has 0 atom stereocenters. The molecule has 0 saturated carbocycles. The molecule has 1 N–H and O–H groups in total. The van der Waals surface area contributed by atoms with Crippen molar-refractivity contribution in [3.8, 4) is 17.2 Å². The van der Waals surface area contributed by atoms with E-state index >= 15 is 0 Å². The van der Waals surface area contributed by atoms with Crippen LogP contribution in [0.5, 0.6) is 17.2 Å². The second-order valence-electron chi connectivity index (χ2n) is 4.58. The van der Waals surface area contributed by atoms with Gasteiger partial charge in [-0.25, -0.2) is 5.43 Å². The highest BCUT2D eigenvalue weighted by Crippen LogP contribution is 2.38. The average Bonchev–Trinajstić information content (AvgIpc) is 2.98. The molecule has 0 radical (unpaired) electrons. The first-order chi connectivity index (χ1) is 11.1. The fraction of sp³-hybridized carbons (Fsp3) is 0.250. The van der Waals surface area contributed by atoms with Gasteiger partial charge in [-0.2, -0.15) is 5.10 Å². The lowest BCUT2D eigenvalue weighted by Crippen LogP contribution is -2.18. The maximum atomic E-state index is 12.2. The molecule has 0 aliphatic heterocycles. The Labute approximate surface area is 138 Å². The van der Waals surface area contributed by atoms with Crippen LogP contribution >= 0.6 is 11.3 Å². The summed E-state index contributed by atoms with van der Waals surface area (Å²) in [5.74, 6) is 0.893. The number of thiophene rings is 1. The van der Waals surface area contributed by atoms with Crippen LogP contribution in [-0.4, -0.2) is 33.5 Å². The summed E-state index contributed by atoms with van der Waals surface area (Å²) in [6.45, 7) is 1.98. The molecule has 1 amide bonds. The van der Waals surface area contributed by atoms with Crippen molar-refractivity contribution in [3.05, 3.63) is 39.6 Å². The van der Waals surface area contributed by atoms with Crippen LogP contribution in [0.1, 0.15) is 20.8 Å². The van der Waals surface area contributed by atoms with E-state index in [2.05, 4.69) is 10.5 Å². The van der Waals surface area contributed by atoms with E-state index in [1.54, 1.807) is 29.7 Å². The molecule has 1 heterocycles. The van der Waals surface area contributed by atoms with Crippen LogP contribution in [0.15, 0.2) is 28.7 Å². The number of benzene rings is 1. The number of ether oxygens (including phenoxy) is 3. The Morgan fingerprint density at radius 2 is 1.83 bits per heavy atom. The van der Waals surface area contributed by atoms with Crippen molar-refractivity contribution < 1.29 is 19.0 Å². The Kier molecular flexibility index (Phi) is 5.59. The van der Waals surface area contributed by atoms with Gasteiger partial charge in [-0.3, -0.25) is 4.79 Å². The van der Waals surface area contributed by atoms with Gasteiger partial charge in [0.25, 0.3) is 5.91 Å². The normalized spacial score (nSPS) is 10.6. The van der Waals surface area contributed by atoms with Gasteiger partial charge in [0.2, 0.25) is 5.75 Å². The molecule has 122 valence electrons. The maximum absolute atomic E-state index is 12.2. The smallest absolute Gasteiger partial charge is 0.271 e. The number of carbonyl (C=O) groups excluding carboxylic acids is 1. The predicted octanol–water partition coefficient (Wildman–Crippen LogP) is 2.85. The largest absolute Gasteiger partial charge is 0.493 e. The molecular formula is C16H18N2O4S. The summed E-state index contributed by atoms with van der Waals surface area (Å²) >= 11 is 1.56. The molecule has 1 aromatic heterocycles. The molecule has 0 saturated heterocycles. The third-order valence-electron chi connectivity index (χ3n) is 3.18. The quantitative estimate of drug-likeness (QED) is 0.651. The van der Waals surface area contributed by atoms with E-state index < -0.39 is 0 Å². The number of hydrazone groups is 1. The number of rotatable bonds is 6. The van der Waals surface area contributed by atoms with Crippen LogP contribution < -0.4 is 19.6 Å². The summed E-state index contributed by atoms with van der Waals surface area (Å²) in [5.41, 5.74) is 3.96. The molecule has 2 rings (SSSR count). The van der Waals surface area contributed by atoms with Crippen molar-refractivity contribution in [2.75, 3.05) is 21.3 Å². The van der Waals surface area contributed by atoms with Gasteiger partial charge in [0.15, 0.2) is 11.5 Å². The number of nitrogens with zero attached hydrogens (tertiary/aromatic N) is 1. The summed E-state index contributed by atoms with van der Waals surface area (Å²) in [7, 11) is 4.50. The second kappa shape index (κ2) is 7.64. The van der Waals surface area contributed by atoms with Gasteiger partial charge in [-0.1, -0.05) is 0 Å². The lowest BCUT2D eigenvalue weighted by atomic mass is 10.1. The first-order valence-corrected chi connectivity index (χ1v) is 7.66. The zero-order valence-corrected chi connectivity index (χ0v) is 14.2. The first kappa shape index (κ1) is 16.8. The van der Waals surface area contributed by atoms with Crippen LogP contribution in [0.4, 0.5) is 0 Å². The zero-order valence-electron chi connectivity index (χ0n) is 13.4. The van der Waals surface area contributed by atoms with Gasteiger partial charge in [-0.05, 0) is 36.1 Å². The number of carbonyl (C=O) groups is 1. The van der Waals surface area contributed by atoms with Crippen molar-refractivity contribution in [2.45, 2.75) is 6.92 Å². The maximum Gasteiger partial charge on any atom is 0.271 e. The fourth-order valence-corrected chi connectivity index (χ4v) is 2.73. The van der Waals surface area contributed by atoms with E-state index in [0.29, 0.717) is 22.8 Å². The van der Waals surface area contributed by atoms with Crippen molar-refractivity contribution in [3.63, 3.8) is 0 Å². The van der Waals surface area contributed by atoms with Gasteiger partial charge in [0.1, 0.15) is 0 Å². The minimum atomic E-state index is -0.366. The van der Waals surface area contributed by atoms with Crippen LogP contribution in [0, 0.1) is 6.92 Å². The van der Waals surface area contributed by atoms with Gasteiger partial charge in [0.05, 0.1) is 27.5 Å². The Balaban J connectivity index is 2.19. The second-order valence-corrected chi connectivity index (χ2v) is 5.53. The molecule has 23 heavy (non-hydrogen) atoms. The topological polar surface area (TPSA) is 69.2 Å². The van der Waals surface area contributed by atoms with Gasteiger partial charge < -0.3 is 14.2 Å². The van der Waals surface area contributed by atoms with E-state index in [-0.39, 0.29) is 5.91 Å². The van der Waals surface area contributed by atoms with Crippen molar-refractivity contribution in [1.82, 2.24) is 5.43 Å².